The molecular weight excluding hydrogens is 394 g/mol. The Bertz CT molecular complexity index is 536. The summed E-state index contributed by atoms with van der Waals surface area (Å²) in [7, 11) is 0. The van der Waals surface area contributed by atoms with Crippen molar-refractivity contribution in [1.82, 2.24) is 5.32 Å². The molecule has 6 heteroatoms. The SMILES string of the molecule is CCCCCCCCCCCCC(CCCCCC)(OC(=O)[C@@H]1CCC(=O)N1)C(=O)O. The fourth-order valence-corrected chi connectivity index (χ4v) is 4.27. The van der Waals surface area contributed by atoms with Gasteiger partial charge in [-0.25, -0.2) is 9.59 Å². The first-order valence-electron chi connectivity index (χ1n) is 12.7. The zero-order valence-corrected chi connectivity index (χ0v) is 19.9. The van der Waals surface area contributed by atoms with E-state index in [1.807, 2.05) is 0 Å². The van der Waals surface area contributed by atoms with Crippen LogP contribution in [0.5, 0.6) is 0 Å². The Morgan fingerprint density at radius 2 is 1.32 bits per heavy atom. The second-order valence-corrected chi connectivity index (χ2v) is 9.12. The summed E-state index contributed by atoms with van der Waals surface area (Å²) < 4.78 is 5.64. The number of aliphatic carboxylic acids is 1. The van der Waals surface area contributed by atoms with E-state index >= 15 is 0 Å². The third-order valence-electron chi connectivity index (χ3n) is 6.33. The van der Waals surface area contributed by atoms with Gasteiger partial charge in [0.15, 0.2) is 0 Å². The van der Waals surface area contributed by atoms with Crippen LogP contribution in [0.1, 0.15) is 129 Å². The number of hydrogen-bond acceptors (Lipinski definition) is 4. The number of rotatable bonds is 19. The summed E-state index contributed by atoms with van der Waals surface area (Å²) >= 11 is 0. The summed E-state index contributed by atoms with van der Waals surface area (Å²) in [6.45, 7) is 4.33. The number of ether oxygens (including phenoxy) is 1. The van der Waals surface area contributed by atoms with Crippen molar-refractivity contribution in [3.63, 3.8) is 0 Å². The summed E-state index contributed by atoms with van der Waals surface area (Å²) in [5.74, 6) is -1.84. The summed E-state index contributed by atoms with van der Waals surface area (Å²) in [5.41, 5.74) is -1.47. The number of carboxylic acid groups (broad SMARTS) is 1. The molecule has 1 unspecified atom stereocenters. The molecule has 0 bridgehead atoms. The van der Waals surface area contributed by atoms with Crippen molar-refractivity contribution in [2.75, 3.05) is 0 Å². The van der Waals surface area contributed by atoms with E-state index in [0.717, 1.165) is 44.9 Å². The molecule has 0 spiro atoms. The van der Waals surface area contributed by atoms with E-state index in [1.54, 1.807) is 0 Å². The average Bonchev–Trinajstić information content (AvgIpc) is 3.18. The number of amides is 1. The van der Waals surface area contributed by atoms with Crippen molar-refractivity contribution in [2.45, 2.75) is 141 Å². The molecule has 0 radical (unpaired) electrons. The summed E-state index contributed by atoms with van der Waals surface area (Å²) in [4.78, 5) is 36.2. The number of hydrogen-bond donors (Lipinski definition) is 2. The minimum absolute atomic E-state index is 0.180. The monoisotopic (exact) mass is 439 g/mol. The first kappa shape index (κ1) is 27.4. The molecule has 0 saturated carbocycles. The van der Waals surface area contributed by atoms with E-state index in [2.05, 4.69) is 19.2 Å². The molecule has 2 N–H and O–H groups in total. The van der Waals surface area contributed by atoms with Gasteiger partial charge in [0.1, 0.15) is 6.04 Å². The molecule has 0 aromatic heterocycles. The number of unbranched alkanes of at least 4 members (excludes halogenated alkanes) is 12. The van der Waals surface area contributed by atoms with Crippen LogP contribution in [0.3, 0.4) is 0 Å². The third kappa shape index (κ3) is 11.0. The Kier molecular flexibility index (Phi) is 14.3. The van der Waals surface area contributed by atoms with Gasteiger partial charge >= 0.3 is 11.9 Å². The largest absolute Gasteiger partial charge is 0.478 e. The molecule has 1 heterocycles. The maximum atomic E-state index is 12.6. The first-order chi connectivity index (χ1) is 14.9. The molecular formula is C25H45NO5. The second kappa shape index (κ2) is 16.1. The van der Waals surface area contributed by atoms with Gasteiger partial charge in [-0.1, -0.05) is 90.9 Å². The maximum absolute atomic E-state index is 12.6. The van der Waals surface area contributed by atoms with Crippen molar-refractivity contribution in [1.29, 1.82) is 0 Å². The minimum Gasteiger partial charge on any atom is -0.478 e. The standard InChI is InChI=1S/C25H45NO5/c1-3-5-7-9-10-11-12-13-14-16-20-25(24(29)30,19-15-8-6-4-2)31-23(28)21-17-18-22(27)26-21/h21H,3-20H2,1-2H3,(H,26,27)(H,29,30)/t21-,25?/m0/s1. The lowest BCUT2D eigenvalue weighted by Crippen LogP contribution is -2.47. The van der Waals surface area contributed by atoms with Crippen LogP contribution in [-0.2, 0) is 19.1 Å². The number of esters is 1. The molecule has 1 aliphatic heterocycles. The zero-order chi connectivity index (χ0) is 23.0. The number of nitrogens with one attached hydrogen (secondary N) is 1. The lowest BCUT2D eigenvalue weighted by molar-refractivity contribution is -0.182. The molecule has 31 heavy (non-hydrogen) atoms. The first-order valence-corrected chi connectivity index (χ1v) is 12.7. The normalized spacial score (nSPS) is 17.9. The second-order valence-electron chi connectivity index (χ2n) is 9.12. The Hall–Kier alpha value is -1.59. The van der Waals surface area contributed by atoms with Crippen LogP contribution in [0.4, 0.5) is 0 Å². The van der Waals surface area contributed by atoms with Gasteiger partial charge in [-0.05, 0) is 32.1 Å². The highest BCUT2D eigenvalue weighted by atomic mass is 16.6. The number of carboxylic acids is 1. The minimum atomic E-state index is -1.47. The average molecular weight is 440 g/mol. The molecule has 1 rings (SSSR count). The van der Waals surface area contributed by atoms with E-state index in [-0.39, 0.29) is 12.3 Å². The zero-order valence-electron chi connectivity index (χ0n) is 19.9. The van der Waals surface area contributed by atoms with Crippen molar-refractivity contribution in [3.8, 4) is 0 Å². The van der Waals surface area contributed by atoms with E-state index < -0.39 is 23.6 Å². The van der Waals surface area contributed by atoms with Gasteiger partial charge in [0.05, 0.1) is 0 Å². The van der Waals surface area contributed by atoms with Crippen LogP contribution in [0, 0.1) is 0 Å². The van der Waals surface area contributed by atoms with Crippen molar-refractivity contribution < 1.29 is 24.2 Å². The van der Waals surface area contributed by atoms with Gasteiger partial charge < -0.3 is 15.2 Å². The quantitative estimate of drug-likeness (QED) is 0.193. The topological polar surface area (TPSA) is 92.7 Å². The number of carbonyl (C=O) groups excluding carboxylic acids is 2. The Labute approximate surface area is 188 Å². The fraction of sp³-hybridized carbons (Fsp3) is 0.880. The van der Waals surface area contributed by atoms with Crippen LogP contribution < -0.4 is 5.32 Å². The number of carbonyl (C=O) groups is 3. The Morgan fingerprint density at radius 3 is 1.74 bits per heavy atom. The lowest BCUT2D eigenvalue weighted by Gasteiger charge is -2.30. The highest BCUT2D eigenvalue weighted by molar-refractivity contribution is 5.90. The molecule has 2 atom stereocenters. The molecule has 1 aliphatic rings. The third-order valence-corrected chi connectivity index (χ3v) is 6.33. The van der Waals surface area contributed by atoms with Gasteiger partial charge in [0, 0.05) is 6.42 Å². The summed E-state index contributed by atoms with van der Waals surface area (Å²) in [6, 6.07) is -0.713. The van der Waals surface area contributed by atoms with E-state index in [1.165, 1.54) is 44.9 Å². The van der Waals surface area contributed by atoms with Gasteiger partial charge in [-0.3, -0.25) is 4.79 Å². The summed E-state index contributed by atoms with van der Waals surface area (Å²) in [6.07, 6.45) is 16.8. The predicted molar refractivity (Wildman–Crippen MR) is 123 cm³/mol. The van der Waals surface area contributed by atoms with Gasteiger partial charge in [0.25, 0.3) is 0 Å². The van der Waals surface area contributed by atoms with E-state index in [4.69, 9.17) is 4.74 Å². The fourth-order valence-electron chi connectivity index (χ4n) is 4.27. The van der Waals surface area contributed by atoms with Gasteiger partial charge in [0.2, 0.25) is 11.5 Å². The van der Waals surface area contributed by atoms with Crippen LogP contribution in [0.25, 0.3) is 0 Å². The highest BCUT2D eigenvalue weighted by Crippen LogP contribution is 2.29. The van der Waals surface area contributed by atoms with Gasteiger partial charge in [-0.2, -0.15) is 0 Å². The molecule has 6 nitrogen and oxygen atoms in total. The predicted octanol–water partition coefficient (Wildman–Crippen LogP) is 5.91. The van der Waals surface area contributed by atoms with Crippen molar-refractivity contribution in [3.05, 3.63) is 0 Å². The maximum Gasteiger partial charge on any atom is 0.348 e. The highest BCUT2D eigenvalue weighted by Gasteiger charge is 2.43. The molecule has 1 fully saturated rings. The van der Waals surface area contributed by atoms with Crippen molar-refractivity contribution in [2.24, 2.45) is 0 Å². The Morgan fingerprint density at radius 1 is 0.871 bits per heavy atom. The molecule has 1 saturated heterocycles. The smallest absolute Gasteiger partial charge is 0.348 e. The molecule has 0 aliphatic carbocycles. The molecule has 1 amide bonds. The van der Waals surface area contributed by atoms with Crippen LogP contribution in [0.15, 0.2) is 0 Å². The van der Waals surface area contributed by atoms with Crippen LogP contribution >= 0.6 is 0 Å². The van der Waals surface area contributed by atoms with E-state index in [0.29, 0.717) is 19.3 Å². The summed E-state index contributed by atoms with van der Waals surface area (Å²) in [5, 5.41) is 12.6. The lowest BCUT2D eigenvalue weighted by atomic mass is 9.89. The van der Waals surface area contributed by atoms with Crippen molar-refractivity contribution >= 4 is 17.8 Å². The van der Waals surface area contributed by atoms with Crippen LogP contribution in [0.2, 0.25) is 0 Å². The Balaban J connectivity index is 2.51. The van der Waals surface area contributed by atoms with Crippen LogP contribution in [-0.4, -0.2) is 34.6 Å². The molecule has 180 valence electrons. The van der Waals surface area contributed by atoms with Gasteiger partial charge in [-0.15, -0.1) is 0 Å². The van der Waals surface area contributed by atoms with E-state index in [9.17, 15) is 19.5 Å². The molecule has 0 aromatic rings. The molecule has 0 aromatic carbocycles.